The van der Waals surface area contributed by atoms with Gasteiger partial charge in [0.15, 0.2) is 5.89 Å². The molecule has 0 aliphatic carbocycles. The van der Waals surface area contributed by atoms with Crippen molar-refractivity contribution in [2.24, 2.45) is 5.92 Å². The Morgan fingerprint density at radius 3 is 2.72 bits per heavy atom. The van der Waals surface area contributed by atoms with Crippen LogP contribution in [-0.2, 0) is 11.2 Å². The molecule has 18 heavy (non-hydrogen) atoms. The first-order valence-electron chi connectivity index (χ1n) is 6.23. The summed E-state index contributed by atoms with van der Waals surface area (Å²) in [6, 6.07) is 0. The van der Waals surface area contributed by atoms with Gasteiger partial charge >= 0.3 is 6.09 Å². The summed E-state index contributed by atoms with van der Waals surface area (Å²) in [7, 11) is 0. The van der Waals surface area contributed by atoms with Crippen molar-refractivity contribution in [1.82, 2.24) is 9.88 Å². The van der Waals surface area contributed by atoms with Gasteiger partial charge in [0.2, 0.25) is 0 Å². The average molecular weight is 252 g/mol. The summed E-state index contributed by atoms with van der Waals surface area (Å²) in [6.07, 6.45) is 2.36. The number of oxazole rings is 1. The second-order valence-electron chi connectivity index (χ2n) is 5.80. The Morgan fingerprint density at radius 1 is 1.56 bits per heavy atom. The van der Waals surface area contributed by atoms with E-state index in [0.29, 0.717) is 11.8 Å². The molecule has 0 unspecified atom stereocenters. The maximum absolute atomic E-state index is 11.7. The molecular formula is C13H20N2O3. The number of nitrogens with zero attached hydrogens (tertiary/aromatic N) is 2. The number of aromatic nitrogens is 1. The number of carbonyl (C=O) groups excluding carboxylic acids is 1. The van der Waals surface area contributed by atoms with Crippen LogP contribution in [0.15, 0.2) is 10.6 Å². The van der Waals surface area contributed by atoms with Crippen molar-refractivity contribution in [3.63, 3.8) is 0 Å². The molecular weight excluding hydrogens is 232 g/mol. The monoisotopic (exact) mass is 252 g/mol. The summed E-state index contributed by atoms with van der Waals surface area (Å²) in [5, 5.41) is 0. The van der Waals surface area contributed by atoms with E-state index in [0.717, 1.165) is 25.3 Å². The van der Waals surface area contributed by atoms with Crippen LogP contribution in [0, 0.1) is 12.8 Å². The fourth-order valence-electron chi connectivity index (χ4n) is 1.96. The first kappa shape index (κ1) is 12.9. The fourth-order valence-corrected chi connectivity index (χ4v) is 1.96. The van der Waals surface area contributed by atoms with E-state index in [1.807, 2.05) is 27.7 Å². The second-order valence-corrected chi connectivity index (χ2v) is 5.80. The Bertz CT molecular complexity index is 428. The van der Waals surface area contributed by atoms with Crippen LogP contribution in [0.1, 0.15) is 32.4 Å². The summed E-state index contributed by atoms with van der Waals surface area (Å²) < 4.78 is 10.7. The molecule has 100 valence electrons. The molecule has 1 aromatic rings. The first-order chi connectivity index (χ1) is 8.33. The van der Waals surface area contributed by atoms with Crippen LogP contribution < -0.4 is 0 Å². The lowest BCUT2D eigenvalue weighted by atomic mass is 9.96. The number of likely N-dealkylation sites (tertiary alicyclic amines) is 1. The van der Waals surface area contributed by atoms with E-state index in [1.165, 1.54) is 0 Å². The molecule has 0 spiro atoms. The molecule has 0 bridgehead atoms. The van der Waals surface area contributed by atoms with Crippen molar-refractivity contribution >= 4 is 6.09 Å². The van der Waals surface area contributed by atoms with Crippen LogP contribution in [0.5, 0.6) is 0 Å². The lowest BCUT2D eigenvalue weighted by Crippen LogP contribution is -2.52. The molecule has 0 aromatic carbocycles. The molecule has 1 aromatic heterocycles. The van der Waals surface area contributed by atoms with Gasteiger partial charge in [0, 0.05) is 32.4 Å². The fraction of sp³-hybridized carbons (Fsp3) is 0.692. The standard InChI is InChI=1S/C13H20N2O3/c1-9-14-6-11(17-9)5-10-7-15(8-10)12(16)18-13(2,3)4/h6,10H,5,7-8H2,1-4H3. The van der Waals surface area contributed by atoms with Gasteiger partial charge in [-0.25, -0.2) is 9.78 Å². The number of hydrogen-bond donors (Lipinski definition) is 0. The molecule has 0 atom stereocenters. The number of carbonyl (C=O) groups is 1. The van der Waals surface area contributed by atoms with E-state index in [4.69, 9.17) is 9.15 Å². The minimum atomic E-state index is -0.426. The predicted molar refractivity (Wildman–Crippen MR) is 66.2 cm³/mol. The van der Waals surface area contributed by atoms with Crippen molar-refractivity contribution in [3.8, 4) is 0 Å². The van der Waals surface area contributed by atoms with E-state index < -0.39 is 5.60 Å². The first-order valence-corrected chi connectivity index (χ1v) is 6.23. The maximum Gasteiger partial charge on any atom is 0.410 e. The molecule has 0 saturated carbocycles. The van der Waals surface area contributed by atoms with E-state index >= 15 is 0 Å². The molecule has 2 heterocycles. The van der Waals surface area contributed by atoms with E-state index in [9.17, 15) is 4.79 Å². The lowest BCUT2D eigenvalue weighted by Gasteiger charge is -2.39. The topological polar surface area (TPSA) is 55.6 Å². The third-order valence-electron chi connectivity index (χ3n) is 2.77. The van der Waals surface area contributed by atoms with Crippen molar-refractivity contribution in [2.45, 2.75) is 39.7 Å². The Morgan fingerprint density at radius 2 is 2.22 bits per heavy atom. The van der Waals surface area contributed by atoms with E-state index in [-0.39, 0.29) is 6.09 Å². The molecule has 1 amide bonds. The average Bonchev–Trinajstić information content (AvgIpc) is 2.53. The Balaban J connectivity index is 1.75. The Labute approximate surface area is 107 Å². The highest BCUT2D eigenvalue weighted by Crippen LogP contribution is 2.23. The van der Waals surface area contributed by atoms with Crippen LogP contribution in [0.25, 0.3) is 0 Å². The number of amides is 1. The van der Waals surface area contributed by atoms with Gasteiger partial charge in [-0.05, 0) is 20.8 Å². The molecule has 5 nitrogen and oxygen atoms in total. The molecule has 2 rings (SSSR count). The molecule has 1 saturated heterocycles. The van der Waals surface area contributed by atoms with E-state index in [1.54, 1.807) is 11.1 Å². The SMILES string of the molecule is Cc1ncc(CC2CN(C(=O)OC(C)(C)C)C2)o1. The zero-order chi connectivity index (χ0) is 13.3. The van der Waals surface area contributed by atoms with Crippen molar-refractivity contribution in [3.05, 3.63) is 17.8 Å². The minimum absolute atomic E-state index is 0.229. The van der Waals surface area contributed by atoms with Crippen molar-refractivity contribution < 1.29 is 13.9 Å². The van der Waals surface area contributed by atoms with Crippen LogP contribution >= 0.6 is 0 Å². The normalized spacial score (nSPS) is 16.6. The van der Waals surface area contributed by atoms with Gasteiger partial charge in [-0.1, -0.05) is 0 Å². The molecule has 1 fully saturated rings. The lowest BCUT2D eigenvalue weighted by molar-refractivity contribution is -0.00155. The molecule has 0 N–H and O–H groups in total. The summed E-state index contributed by atoms with van der Waals surface area (Å²) in [6.45, 7) is 8.92. The molecule has 0 radical (unpaired) electrons. The number of aryl methyl sites for hydroxylation is 1. The smallest absolute Gasteiger partial charge is 0.410 e. The highest BCUT2D eigenvalue weighted by atomic mass is 16.6. The van der Waals surface area contributed by atoms with Gasteiger partial charge in [0.05, 0.1) is 6.20 Å². The van der Waals surface area contributed by atoms with Gasteiger partial charge in [0.1, 0.15) is 11.4 Å². The van der Waals surface area contributed by atoms with Crippen LogP contribution in [0.2, 0.25) is 0 Å². The summed E-state index contributed by atoms with van der Waals surface area (Å²) in [4.78, 5) is 17.5. The van der Waals surface area contributed by atoms with Gasteiger partial charge in [-0.15, -0.1) is 0 Å². The van der Waals surface area contributed by atoms with E-state index in [2.05, 4.69) is 4.98 Å². The zero-order valence-electron chi connectivity index (χ0n) is 11.4. The number of hydrogen-bond acceptors (Lipinski definition) is 4. The summed E-state index contributed by atoms with van der Waals surface area (Å²) >= 11 is 0. The largest absolute Gasteiger partial charge is 0.446 e. The van der Waals surface area contributed by atoms with Crippen molar-refractivity contribution in [1.29, 1.82) is 0 Å². The third kappa shape index (κ3) is 3.24. The Hall–Kier alpha value is -1.52. The maximum atomic E-state index is 11.7. The highest BCUT2D eigenvalue weighted by Gasteiger charge is 2.34. The quantitative estimate of drug-likeness (QED) is 0.811. The zero-order valence-corrected chi connectivity index (χ0v) is 11.4. The van der Waals surface area contributed by atoms with Crippen LogP contribution in [0.3, 0.4) is 0 Å². The molecule has 5 heteroatoms. The predicted octanol–water partition coefficient (Wildman–Crippen LogP) is 2.39. The van der Waals surface area contributed by atoms with Gasteiger partial charge < -0.3 is 14.1 Å². The van der Waals surface area contributed by atoms with Gasteiger partial charge in [-0.3, -0.25) is 0 Å². The third-order valence-corrected chi connectivity index (χ3v) is 2.77. The van der Waals surface area contributed by atoms with Crippen LogP contribution in [0.4, 0.5) is 4.79 Å². The number of ether oxygens (including phenoxy) is 1. The summed E-state index contributed by atoms with van der Waals surface area (Å²) in [5.74, 6) is 2.03. The van der Waals surface area contributed by atoms with Gasteiger partial charge in [0.25, 0.3) is 0 Å². The second kappa shape index (κ2) is 4.63. The van der Waals surface area contributed by atoms with Gasteiger partial charge in [-0.2, -0.15) is 0 Å². The minimum Gasteiger partial charge on any atom is -0.446 e. The highest BCUT2D eigenvalue weighted by molar-refractivity contribution is 5.69. The van der Waals surface area contributed by atoms with Crippen LogP contribution in [-0.4, -0.2) is 34.7 Å². The number of rotatable bonds is 2. The Kier molecular flexibility index (Phi) is 3.32. The molecule has 1 aliphatic rings. The molecule has 1 aliphatic heterocycles. The van der Waals surface area contributed by atoms with Crippen molar-refractivity contribution in [2.75, 3.05) is 13.1 Å². The summed E-state index contributed by atoms with van der Waals surface area (Å²) in [5.41, 5.74) is -0.426.